The molecule has 2 amide bonds. The number of nitrogens with one attached hydrogen (secondary N) is 1. The Hall–Kier alpha value is -3.65. The van der Waals surface area contributed by atoms with Gasteiger partial charge < -0.3 is 10.2 Å². The van der Waals surface area contributed by atoms with Crippen molar-refractivity contribution in [2.75, 3.05) is 10.8 Å². The fourth-order valence-corrected chi connectivity index (χ4v) is 6.50. The van der Waals surface area contributed by atoms with Gasteiger partial charge in [0, 0.05) is 12.6 Å². The van der Waals surface area contributed by atoms with Crippen LogP contribution in [0.15, 0.2) is 83.8 Å². The quantitative estimate of drug-likeness (QED) is 0.361. The van der Waals surface area contributed by atoms with E-state index in [0.717, 1.165) is 46.7 Å². The molecule has 0 heterocycles. The minimum atomic E-state index is -4.06. The molecule has 8 heteroatoms. The van der Waals surface area contributed by atoms with Gasteiger partial charge in [-0.1, -0.05) is 79.4 Å². The maximum atomic E-state index is 14.0. The molecule has 1 saturated carbocycles. The Labute approximate surface area is 238 Å². The fraction of sp³-hybridized carbons (Fsp3) is 0.375. The molecular formula is C32H39N3O4S. The largest absolute Gasteiger partial charge is 0.352 e. The third-order valence-electron chi connectivity index (χ3n) is 7.49. The van der Waals surface area contributed by atoms with E-state index in [1.165, 1.54) is 23.5 Å². The lowest BCUT2D eigenvalue weighted by molar-refractivity contribution is -0.139. The molecule has 1 aliphatic carbocycles. The molecule has 212 valence electrons. The second-order valence-electron chi connectivity index (χ2n) is 10.7. The maximum Gasteiger partial charge on any atom is 0.264 e. The van der Waals surface area contributed by atoms with Crippen molar-refractivity contribution in [3.05, 3.63) is 95.6 Å². The van der Waals surface area contributed by atoms with E-state index in [0.29, 0.717) is 5.69 Å². The molecule has 0 radical (unpaired) electrons. The van der Waals surface area contributed by atoms with Crippen LogP contribution in [0.25, 0.3) is 0 Å². The third-order valence-corrected chi connectivity index (χ3v) is 9.28. The van der Waals surface area contributed by atoms with E-state index >= 15 is 0 Å². The van der Waals surface area contributed by atoms with Gasteiger partial charge in [-0.2, -0.15) is 0 Å². The number of sulfonamides is 1. The van der Waals surface area contributed by atoms with Gasteiger partial charge >= 0.3 is 0 Å². The number of amides is 2. The molecule has 0 aromatic heterocycles. The van der Waals surface area contributed by atoms with Crippen LogP contribution in [0.5, 0.6) is 0 Å². The number of nitrogens with zero attached hydrogens (tertiary/aromatic N) is 2. The molecule has 7 nitrogen and oxygen atoms in total. The van der Waals surface area contributed by atoms with Crippen molar-refractivity contribution >= 4 is 27.5 Å². The Balaban J connectivity index is 1.66. The molecule has 4 rings (SSSR count). The summed E-state index contributed by atoms with van der Waals surface area (Å²) in [6.07, 6.45) is 5.19. The van der Waals surface area contributed by atoms with Gasteiger partial charge in [0.2, 0.25) is 11.8 Å². The predicted molar refractivity (Wildman–Crippen MR) is 158 cm³/mol. The molecule has 1 aliphatic rings. The molecule has 3 aromatic carbocycles. The molecule has 1 fully saturated rings. The van der Waals surface area contributed by atoms with Gasteiger partial charge in [-0.05, 0) is 69.0 Å². The van der Waals surface area contributed by atoms with Crippen molar-refractivity contribution in [2.24, 2.45) is 0 Å². The Bertz CT molecular complexity index is 1400. The van der Waals surface area contributed by atoms with Crippen LogP contribution in [-0.2, 0) is 26.2 Å². The van der Waals surface area contributed by atoms with Crippen molar-refractivity contribution in [3.63, 3.8) is 0 Å². The molecular weight excluding hydrogens is 522 g/mol. The molecule has 0 spiro atoms. The van der Waals surface area contributed by atoms with E-state index in [-0.39, 0.29) is 23.4 Å². The SMILES string of the molecule is Cc1ccc(CN(C(=O)CN(c2cccc(C)c2)S(=O)(=O)c2ccccc2)C(C)C(=O)NC2CCCCC2)cc1. The number of benzene rings is 3. The molecule has 1 unspecified atom stereocenters. The monoisotopic (exact) mass is 561 g/mol. The number of carbonyl (C=O) groups is 2. The zero-order valence-electron chi connectivity index (χ0n) is 23.5. The first-order valence-electron chi connectivity index (χ1n) is 13.9. The first-order valence-corrected chi connectivity index (χ1v) is 15.4. The summed E-state index contributed by atoms with van der Waals surface area (Å²) < 4.78 is 28.8. The number of hydrogen-bond donors (Lipinski definition) is 1. The van der Waals surface area contributed by atoms with Crippen LogP contribution in [0, 0.1) is 13.8 Å². The molecule has 1 atom stereocenters. The van der Waals surface area contributed by atoms with E-state index < -0.39 is 28.5 Å². The molecule has 40 heavy (non-hydrogen) atoms. The number of aryl methyl sites for hydroxylation is 2. The first kappa shape index (κ1) is 29.3. The van der Waals surface area contributed by atoms with Gasteiger partial charge in [0.25, 0.3) is 10.0 Å². The Morgan fingerprint density at radius 1 is 0.875 bits per heavy atom. The zero-order chi connectivity index (χ0) is 28.7. The van der Waals surface area contributed by atoms with Gasteiger partial charge in [-0.3, -0.25) is 13.9 Å². The highest BCUT2D eigenvalue weighted by Crippen LogP contribution is 2.25. The summed E-state index contributed by atoms with van der Waals surface area (Å²) in [5.74, 6) is -0.673. The molecule has 0 bridgehead atoms. The van der Waals surface area contributed by atoms with Crippen molar-refractivity contribution in [1.29, 1.82) is 0 Å². The highest BCUT2D eigenvalue weighted by Gasteiger charge is 2.33. The maximum absolute atomic E-state index is 14.0. The Kier molecular flexibility index (Phi) is 9.63. The molecule has 0 aliphatic heterocycles. The number of anilines is 1. The van der Waals surface area contributed by atoms with E-state index in [9.17, 15) is 18.0 Å². The summed E-state index contributed by atoms with van der Waals surface area (Å²) in [5, 5.41) is 3.13. The molecule has 1 N–H and O–H groups in total. The lowest BCUT2D eigenvalue weighted by Gasteiger charge is -2.33. The van der Waals surface area contributed by atoms with Crippen LogP contribution in [0.4, 0.5) is 5.69 Å². The summed E-state index contributed by atoms with van der Waals surface area (Å²) in [7, 11) is -4.06. The van der Waals surface area contributed by atoms with Crippen molar-refractivity contribution in [3.8, 4) is 0 Å². The Morgan fingerprint density at radius 3 is 2.20 bits per heavy atom. The Morgan fingerprint density at radius 2 is 1.55 bits per heavy atom. The minimum absolute atomic E-state index is 0.0949. The number of carbonyl (C=O) groups excluding carboxylic acids is 2. The van der Waals surface area contributed by atoms with Gasteiger partial charge in [0.1, 0.15) is 12.6 Å². The van der Waals surface area contributed by atoms with Gasteiger partial charge in [-0.15, -0.1) is 0 Å². The van der Waals surface area contributed by atoms with Crippen LogP contribution >= 0.6 is 0 Å². The molecule has 0 saturated heterocycles. The standard InChI is InChI=1S/C32H39N3O4S/c1-24-17-19-27(20-18-24)22-34(26(3)32(37)33-28-12-6-4-7-13-28)31(36)23-35(29-14-10-11-25(2)21-29)40(38,39)30-15-8-5-9-16-30/h5,8-11,14-21,26,28H,4,6-7,12-13,22-23H2,1-3H3,(H,33,37). The fourth-order valence-electron chi connectivity index (χ4n) is 5.07. The summed E-state index contributed by atoms with van der Waals surface area (Å²) in [4.78, 5) is 29.0. The second kappa shape index (κ2) is 13.1. The van der Waals surface area contributed by atoms with Gasteiger partial charge in [-0.25, -0.2) is 8.42 Å². The minimum Gasteiger partial charge on any atom is -0.352 e. The van der Waals surface area contributed by atoms with Crippen LogP contribution < -0.4 is 9.62 Å². The summed E-state index contributed by atoms with van der Waals surface area (Å²) >= 11 is 0. The van der Waals surface area contributed by atoms with E-state index in [1.807, 2.05) is 44.2 Å². The normalized spacial score (nSPS) is 14.8. The average Bonchev–Trinajstić information content (AvgIpc) is 2.96. The summed E-state index contributed by atoms with van der Waals surface area (Å²) in [5.41, 5.74) is 3.22. The predicted octanol–water partition coefficient (Wildman–Crippen LogP) is 5.36. The van der Waals surface area contributed by atoms with Gasteiger partial charge in [0.15, 0.2) is 0 Å². The number of hydrogen-bond acceptors (Lipinski definition) is 4. The topological polar surface area (TPSA) is 86.8 Å². The highest BCUT2D eigenvalue weighted by atomic mass is 32.2. The summed E-state index contributed by atoms with van der Waals surface area (Å²) in [6.45, 7) is 5.33. The van der Waals surface area contributed by atoms with E-state index in [4.69, 9.17) is 0 Å². The van der Waals surface area contributed by atoms with Crippen LogP contribution in [0.3, 0.4) is 0 Å². The van der Waals surface area contributed by atoms with E-state index in [2.05, 4.69) is 5.32 Å². The zero-order valence-corrected chi connectivity index (χ0v) is 24.4. The average molecular weight is 562 g/mol. The van der Waals surface area contributed by atoms with E-state index in [1.54, 1.807) is 43.3 Å². The van der Waals surface area contributed by atoms with Crippen LogP contribution in [0.2, 0.25) is 0 Å². The molecule has 3 aromatic rings. The number of rotatable bonds is 10. The van der Waals surface area contributed by atoms with Crippen LogP contribution in [0.1, 0.15) is 55.7 Å². The lowest BCUT2D eigenvalue weighted by Crippen LogP contribution is -2.53. The smallest absolute Gasteiger partial charge is 0.264 e. The summed E-state index contributed by atoms with van der Waals surface area (Å²) in [6, 6.07) is 22.3. The lowest BCUT2D eigenvalue weighted by atomic mass is 9.95. The van der Waals surface area contributed by atoms with Crippen molar-refractivity contribution in [1.82, 2.24) is 10.2 Å². The van der Waals surface area contributed by atoms with Gasteiger partial charge in [0.05, 0.1) is 10.6 Å². The second-order valence-corrected chi connectivity index (χ2v) is 12.6. The van der Waals surface area contributed by atoms with Crippen LogP contribution in [-0.4, -0.2) is 43.8 Å². The first-order chi connectivity index (χ1) is 19.1. The third kappa shape index (κ3) is 7.30. The van der Waals surface area contributed by atoms with Crippen molar-refractivity contribution < 1.29 is 18.0 Å². The van der Waals surface area contributed by atoms with Crippen molar-refractivity contribution in [2.45, 2.75) is 76.4 Å². The highest BCUT2D eigenvalue weighted by molar-refractivity contribution is 7.92.